The van der Waals surface area contributed by atoms with Crippen LogP contribution in [0.3, 0.4) is 0 Å². The smallest absolute Gasteiger partial charge is 0.251 e. The topological polar surface area (TPSA) is 76.0 Å². The Morgan fingerprint density at radius 1 is 1.00 bits per heavy atom. The van der Waals surface area contributed by atoms with Crippen molar-refractivity contribution in [2.24, 2.45) is 0 Å². The van der Waals surface area contributed by atoms with Crippen LogP contribution < -0.4 is 10.6 Å². The molecule has 0 saturated heterocycles. The van der Waals surface area contributed by atoms with Crippen molar-refractivity contribution in [1.29, 1.82) is 0 Å². The van der Waals surface area contributed by atoms with Crippen LogP contribution in [0.25, 0.3) is 0 Å². The third-order valence-corrected chi connectivity index (χ3v) is 4.41. The second-order valence-electron chi connectivity index (χ2n) is 6.51. The molecule has 0 saturated carbocycles. The Morgan fingerprint density at radius 3 is 2.39 bits per heavy atom. The summed E-state index contributed by atoms with van der Waals surface area (Å²) in [6.07, 6.45) is 6.39. The lowest BCUT2D eigenvalue weighted by molar-refractivity contribution is -0.121. The highest BCUT2D eigenvalue weighted by Crippen LogP contribution is 2.17. The molecule has 28 heavy (non-hydrogen) atoms. The van der Waals surface area contributed by atoms with Crippen molar-refractivity contribution in [3.05, 3.63) is 90.5 Å². The average Bonchev–Trinajstić information content (AvgIpc) is 3.25. The molecular weight excluding hydrogens is 352 g/mol. The molecule has 0 aliphatic rings. The Kier molecular flexibility index (Phi) is 6.95. The minimum absolute atomic E-state index is 0.0900. The fourth-order valence-electron chi connectivity index (χ4n) is 2.93. The molecule has 0 fully saturated rings. The van der Waals surface area contributed by atoms with E-state index in [-0.39, 0.29) is 24.3 Å². The van der Waals surface area contributed by atoms with Gasteiger partial charge in [-0.1, -0.05) is 48.5 Å². The van der Waals surface area contributed by atoms with E-state index >= 15 is 0 Å². The van der Waals surface area contributed by atoms with E-state index in [1.54, 1.807) is 24.7 Å². The van der Waals surface area contributed by atoms with E-state index in [0.717, 1.165) is 18.5 Å². The summed E-state index contributed by atoms with van der Waals surface area (Å²) in [6, 6.07) is 18.2. The fraction of sp³-hybridized carbons (Fsp3) is 0.227. The second kappa shape index (κ2) is 10.1. The number of carbonyl (C=O) groups excluding carboxylic acids is 2. The summed E-state index contributed by atoms with van der Waals surface area (Å²) in [5.41, 5.74) is 1.48. The van der Waals surface area contributed by atoms with Crippen LogP contribution in [0.1, 0.15) is 34.8 Å². The lowest BCUT2D eigenvalue weighted by atomic mass is 10.0. The Balaban J connectivity index is 1.56. The first-order valence-corrected chi connectivity index (χ1v) is 9.35. The van der Waals surface area contributed by atoms with E-state index in [1.807, 2.05) is 59.3 Å². The summed E-state index contributed by atoms with van der Waals surface area (Å²) in [7, 11) is 0. The Labute approximate surface area is 164 Å². The van der Waals surface area contributed by atoms with Crippen molar-refractivity contribution in [2.75, 3.05) is 6.54 Å². The van der Waals surface area contributed by atoms with Gasteiger partial charge >= 0.3 is 0 Å². The van der Waals surface area contributed by atoms with Gasteiger partial charge in [0.05, 0.1) is 18.8 Å². The van der Waals surface area contributed by atoms with Crippen LogP contribution in [0.2, 0.25) is 0 Å². The van der Waals surface area contributed by atoms with Gasteiger partial charge < -0.3 is 15.2 Å². The summed E-state index contributed by atoms with van der Waals surface area (Å²) in [5.74, 6) is -0.282. The van der Waals surface area contributed by atoms with Gasteiger partial charge in [-0.2, -0.15) is 0 Å². The van der Waals surface area contributed by atoms with Gasteiger partial charge in [0.25, 0.3) is 5.91 Å². The zero-order valence-electron chi connectivity index (χ0n) is 15.6. The first kappa shape index (κ1) is 19.4. The van der Waals surface area contributed by atoms with Gasteiger partial charge in [-0.3, -0.25) is 9.59 Å². The number of rotatable bonds is 9. The molecule has 0 aliphatic heterocycles. The monoisotopic (exact) mass is 376 g/mol. The standard InChI is InChI=1S/C22H24N4O2/c27-21(24-12-7-14-26-15-13-23-17-26)16-20(18-8-3-1-4-9-18)25-22(28)19-10-5-2-6-11-19/h1-6,8-11,13,15,17,20H,7,12,14,16H2,(H,24,27)(H,25,28). The maximum Gasteiger partial charge on any atom is 0.251 e. The van der Waals surface area contributed by atoms with E-state index in [0.29, 0.717) is 12.1 Å². The van der Waals surface area contributed by atoms with E-state index in [2.05, 4.69) is 15.6 Å². The molecule has 0 aliphatic carbocycles. The molecule has 3 rings (SSSR count). The van der Waals surface area contributed by atoms with Crippen LogP contribution in [-0.4, -0.2) is 27.9 Å². The molecule has 2 amide bonds. The molecule has 6 heteroatoms. The molecule has 0 radical (unpaired) electrons. The largest absolute Gasteiger partial charge is 0.356 e. The minimum Gasteiger partial charge on any atom is -0.356 e. The highest BCUT2D eigenvalue weighted by molar-refractivity contribution is 5.94. The lowest BCUT2D eigenvalue weighted by Crippen LogP contribution is -2.34. The molecule has 0 bridgehead atoms. The number of nitrogens with zero attached hydrogens (tertiary/aromatic N) is 2. The number of amides is 2. The predicted molar refractivity (Wildman–Crippen MR) is 108 cm³/mol. The molecule has 144 valence electrons. The van der Waals surface area contributed by atoms with Gasteiger partial charge in [-0.25, -0.2) is 4.98 Å². The average molecular weight is 376 g/mol. The van der Waals surface area contributed by atoms with Crippen LogP contribution in [0.15, 0.2) is 79.4 Å². The minimum atomic E-state index is -0.387. The van der Waals surface area contributed by atoms with Crippen molar-refractivity contribution < 1.29 is 9.59 Å². The number of aryl methyl sites for hydroxylation is 1. The zero-order valence-corrected chi connectivity index (χ0v) is 15.6. The number of benzene rings is 2. The number of aromatic nitrogens is 2. The first-order chi connectivity index (χ1) is 13.7. The van der Waals surface area contributed by atoms with Crippen molar-refractivity contribution in [3.8, 4) is 0 Å². The number of carbonyl (C=O) groups is 2. The molecular formula is C22H24N4O2. The maximum atomic E-state index is 12.6. The van der Waals surface area contributed by atoms with Crippen molar-refractivity contribution in [3.63, 3.8) is 0 Å². The van der Waals surface area contributed by atoms with Crippen molar-refractivity contribution >= 4 is 11.8 Å². The number of hydrogen-bond donors (Lipinski definition) is 2. The highest BCUT2D eigenvalue weighted by Gasteiger charge is 2.19. The first-order valence-electron chi connectivity index (χ1n) is 9.35. The second-order valence-corrected chi connectivity index (χ2v) is 6.51. The number of imidazole rings is 1. The summed E-state index contributed by atoms with van der Waals surface area (Å²) in [4.78, 5) is 29.0. The van der Waals surface area contributed by atoms with Crippen molar-refractivity contribution in [2.45, 2.75) is 25.4 Å². The third kappa shape index (κ3) is 5.81. The number of hydrogen-bond acceptors (Lipinski definition) is 3. The molecule has 0 spiro atoms. The Bertz CT molecular complexity index is 864. The molecule has 1 aromatic heterocycles. The van der Waals surface area contributed by atoms with Crippen molar-refractivity contribution in [1.82, 2.24) is 20.2 Å². The van der Waals surface area contributed by atoms with Gasteiger partial charge in [-0.15, -0.1) is 0 Å². The zero-order chi connectivity index (χ0) is 19.6. The molecule has 3 aromatic rings. The van der Waals surface area contributed by atoms with Gasteiger partial charge in [0.15, 0.2) is 0 Å². The quantitative estimate of drug-likeness (QED) is 0.564. The van der Waals surface area contributed by atoms with E-state index in [4.69, 9.17) is 0 Å². The molecule has 2 aromatic carbocycles. The van der Waals surface area contributed by atoms with Gasteiger partial charge in [0.1, 0.15) is 0 Å². The van der Waals surface area contributed by atoms with Crippen LogP contribution in [0, 0.1) is 0 Å². The normalized spacial score (nSPS) is 11.6. The summed E-state index contributed by atoms with van der Waals surface area (Å²) in [5, 5.41) is 5.92. The predicted octanol–water partition coefficient (Wildman–Crippen LogP) is 2.95. The summed E-state index contributed by atoms with van der Waals surface area (Å²) < 4.78 is 1.97. The van der Waals surface area contributed by atoms with Gasteiger partial charge in [0, 0.05) is 31.0 Å². The van der Waals surface area contributed by atoms with Crippen LogP contribution in [0.4, 0.5) is 0 Å². The van der Waals surface area contributed by atoms with Gasteiger partial charge in [0.2, 0.25) is 5.91 Å². The lowest BCUT2D eigenvalue weighted by Gasteiger charge is -2.19. The van der Waals surface area contributed by atoms with E-state index in [1.165, 1.54) is 0 Å². The van der Waals surface area contributed by atoms with Crippen LogP contribution in [-0.2, 0) is 11.3 Å². The summed E-state index contributed by atoms with van der Waals surface area (Å²) >= 11 is 0. The summed E-state index contributed by atoms with van der Waals surface area (Å²) in [6.45, 7) is 1.37. The van der Waals surface area contributed by atoms with E-state index in [9.17, 15) is 9.59 Å². The molecule has 1 atom stereocenters. The third-order valence-electron chi connectivity index (χ3n) is 4.41. The number of nitrogens with one attached hydrogen (secondary N) is 2. The molecule has 6 nitrogen and oxygen atoms in total. The van der Waals surface area contributed by atoms with Crippen LogP contribution in [0.5, 0.6) is 0 Å². The Morgan fingerprint density at radius 2 is 1.71 bits per heavy atom. The SMILES string of the molecule is O=C(CC(NC(=O)c1ccccc1)c1ccccc1)NCCCn1ccnc1. The molecule has 1 heterocycles. The van der Waals surface area contributed by atoms with Gasteiger partial charge in [-0.05, 0) is 24.1 Å². The molecule has 1 unspecified atom stereocenters. The fourth-order valence-corrected chi connectivity index (χ4v) is 2.93. The molecule has 2 N–H and O–H groups in total. The maximum absolute atomic E-state index is 12.6. The van der Waals surface area contributed by atoms with E-state index < -0.39 is 0 Å². The van der Waals surface area contributed by atoms with Crippen LogP contribution >= 0.6 is 0 Å². The Hall–Kier alpha value is -3.41. The highest BCUT2D eigenvalue weighted by atomic mass is 16.2.